The van der Waals surface area contributed by atoms with Gasteiger partial charge in [0.05, 0.1) is 5.69 Å². The largest absolute Gasteiger partial charge is 0.399 e. The number of hydrogen-bond acceptors (Lipinski definition) is 3. The van der Waals surface area contributed by atoms with Gasteiger partial charge < -0.3 is 16.5 Å². The van der Waals surface area contributed by atoms with Crippen LogP contribution in [0.3, 0.4) is 0 Å². The van der Waals surface area contributed by atoms with E-state index in [0.29, 0.717) is 17.1 Å². The molecule has 0 aliphatic rings. The van der Waals surface area contributed by atoms with Crippen LogP contribution in [0.15, 0.2) is 42.5 Å². The van der Waals surface area contributed by atoms with E-state index in [4.69, 9.17) is 11.5 Å². The molecule has 3 rings (SSSR count). The fourth-order valence-corrected chi connectivity index (χ4v) is 2.42. The number of fused-ring (bicyclic) bond motifs is 1. The summed E-state index contributed by atoms with van der Waals surface area (Å²) in [4.78, 5) is 15.0. The van der Waals surface area contributed by atoms with Gasteiger partial charge >= 0.3 is 0 Å². The van der Waals surface area contributed by atoms with E-state index in [1.54, 1.807) is 6.92 Å². The molecular formula is C16H15N3O. The zero-order chi connectivity index (χ0) is 14.3. The molecule has 0 saturated carbocycles. The number of hydrogen-bond donors (Lipinski definition) is 3. The van der Waals surface area contributed by atoms with E-state index >= 15 is 0 Å². The first-order valence-corrected chi connectivity index (χ1v) is 6.34. The van der Waals surface area contributed by atoms with Gasteiger partial charge in [-0.05, 0) is 35.9 Å². The van der Waals surface area contributed by atoms with Crippen molar-refractivity contribution in [3.8, 4) is 11.1 Å². The van der Waals surface area contributed by atoms with Gasteiger partial charge in [0, 0.05) is 34.8 Å². The second-order valence-corrected chi connectivity index (χ2v) is 4.86. The predicted molar refractivity (Wildman–Crippen MR) is 82.6 cm³/mol. The molecule has 0 saturated heterocycles. The average Bonchev–Trinajstić information content (AvgIpc) is 2.78. The molecule has 2 aromatic carbocycles. The van der Waals surface area contributed by atoms with E-state index < -0.39 is 0 Å². The number of carbonyl (C=O) groups excluding carboxylic acids is 1. The first-order chi connectivity index (χ1) is 9.56. The van der Waals surface area contributed by atoms with Gasteiger partial charge in [0.2, 0.25) is 0 Å². The maximum atomic E-state index is 11.9. The van der Waals surface area contributed by atoms with Gasteiger partial charge in [-0.3, -0.25) is 4.79 Å². The minimum atomic E-state index is -0.00778. The fraction of sp³-hybridized carbons (Fsp3) is 0.0625. The molecule has 100 valence electrons. The van der Waals surface area contributed by atoms with Crippen LogP contribution in [0.2, 0.25) is 0 Å². The summed E-state index contributed by atoms with van der Waals surface area (Å²) in [6, 6.07) is 13.0. The highest BCUT2D eigenvalue weighted by molar-refractivity contribution is 6.10. The molecule has 0 aliphatic carbocycles. The summed E-state index contributed by atoms with van der Waals surface area (Å²) in [6.45, 7) is 1.55. The van der Waals surface area contributed by atoms with Crippen LogP contribution in [0.25, 0.3) is 22.0 Å². The number of carbonyl (C=O) groups is 1. The van der Waals surface area contributed by atoms with Crippen LogP contribution in [0.1, 0.15) is 17.4 Å². The lowest BCUT2D eigenvalue weighted by Gasteiger charge is -2.04. The Morgan fingerprint density at radius 1 is 1.00 bits per heavy atom. The van der Waals surface area contributed by atoms with Gasteiger partial charge in [-0.25, -0.2) is 0 Å². The number of aromatic amines is 1. The van der Waals surface area contributed by atoms with Crippen molar-refractivity contribution in [1.82, 2.24) is 4.98 Å². The molecule has 4 nitrogen and oxygen atoms in total. The smallest absolute Gasteiger partial charge is 0.176 e. The van der Waals surface area contributed by atoms with Crippen molar-refractivity contribution >= 4 is 28.1 Å². The normalized spacial score (nSPS) is 10.8. The highest BCUT2D eigenvalue weighted by atomic mass is 16.1. The number of H-pyrrole nitrogens is 1. The monoisotopic (exact) mass is 265 g/mol. The van der Waals surface area contributed by atoms with Crippen molar-refractivity contribution in [2.75, 3.05) is 11.5 Å². The zero-order valence-electron chi connectivity index (χ0n) is 11.1. The molecule has 1 aromatic heterocycles. The second kappa shape index (κ2) is 4.42. The molecule has 0 unspecified atom stereocenters. The summed E-state index contributed by atoms with van der Waals surface area (Å²) in [5.74, 6) is -0.00778. The quantitative estimate of drug-likeness (QED) is 0.491. The first-order valence-electron chi connectivity index (χ1n) is 6.34. The van der Waals surface area contributed by atoms with E-state index in [0.717, 1.165) is 22.0 Å². The van der Waals surface area contributed by atoms with Crippen molar-refractivity contribution in [3.63, 3.8) is 0 Å². The zero-order valence-corrected chi connectivity index (χ0v) is 11.1. The van der Waals surface area contributed by atoms with Gasteiger partial charge in [0.1, 0.15) is 0 Å². The molecule has 3 aromatic rings. The van der Waals surface area contributed by atoms with Gasteiger partial charge in [-0.1, -0.05) is 12.1 Å². The van der Waals surface area contributed by atoms with Gasteiger partial charge in [0.15, 0.2) is 5.78 Å². The Balaban J connectivity index is 2.36. The lowest BCUT2D eigenvalue weighted by molar-refractivity contribution is 0.101. The van der Waals surface area contributed by atoms with Gasteiger partial charge in [-0.2, -0.15) is 0 Å². The molecule has 0 aliphatic heterocycles. The first kappa shape index (κ1) is 12.3. The van der Waals surface area contributed by atoms with Crippen LogP contribution in [0.4, 0.5) is 11.4 Å². The Hall–Kier alpha value is -2.75. The Labute approximate surface area is 116 Å². The van der Waals surface area contributed by atoms with Crippen LogP contribution in [-0.4, -0.2) is 10.8 Å². The van der Waals surface area contributed by atoms with Crippen LogP contribution >= 0.6 is 0 Å². The predicted octanol–water partition coefficient (Wildman–Crippen LogP) is 3.20. The van der Waals surface area contributed by atoms with Crippen LogP contribution in [0, 0.1) is 0 Å². The third-order valence-corrected chi connectivity index (χ3v) is 3.37. The number of nitrogens with two attached hydrogens (primary N) is 2. The third kappa shape index (κ3) is 1.91. The molecule has 0 bridgehead atoms. The maximum absolute atomic E-state index is 11.9. The van der Waals surface area contributed by atoms with Crippen molar-refractivity contribution in [2.24, 2.45) is 0 Å². The van der Waals surface area contributed by atoms with Crippen LogP contribution in [-0.2, 0) is 0 Å². The molecule has 4 heteroatoms. The molecular weight excluding hydrogens is 250 g/mol. The Bertz CT molecular complexity index is 800. The Morgan fingerprint density at radius 2 is 1.65 bits per heavy atom. The maximum Gasteiger partial charge on any atom is 0.176 e. The third-order valence-electron chi connectivity index (χ3n) is 3.37. The topological polar surface area (TPSA) is 84.9 Å². The summed E-state index contributed by atoms with van der Waals surface area (Å²) in [7, 11) is 0. The number of anilines is 2. The van der Waals surface area contributed by atoms with Crippen LogP contribution in [0.5, 0.6) is 0 Å². The summed E-state index contributed by atoms with van der Waals surface area (Å²) < 4.78 is 0. The van der Waals surface area contributed by atoms with E-state index in [9.17, 15) is 4.79 Å². The number of Topliss-reactive ketones (excluding diaryl/α,β-unsaturated/α-hetero) is 1. The lowest BCUT2D eigenvalue weighted by Crippen LogP contribution is -1.95. The minimum absolute atomic E-state index is 0.00778. The highest BCUT2D eigenvalue weighted by Crippen LogP contribution is 2.34. The number of nitrogen functional groups attached to an aromatic ring is 2. The van der Waals surface area contributed by atoms with Gasteiger partial charge in [-0.15, -0.1) is 0 Å². The molecule has 1 heterocycles. The second-order valence-electron chi connectivity index (χ2n) is 4.86. The molecule has 20 heavy (non-hydrogen) atoms. The molecule has 0 radical (unpaired) electrons. The molecule has 0 atom stereocenters. The van der Waals surface area contributed by atoms with E-state index in [-0.39, 0.29) is 5.78 Å². The van der Waals surface area contributed by atoms with Crippen molar-refractivity contribution in [1.29, 1.82) is 0 Å². The summed E-state index contributed by atoms with van der Waals surface area (Å²) >= 11 is 0. The van der Waals surface area contributed by atoms with E-state index in [1.165, 1.54) is 0 Å². The summed E-state index contributed by atoms with van der Waals surface area (Å²) in [5.41, 5.74) is 16.3. The lowest BCUT2D eigenvalue weighted by atomic mass is 10.00. The number of benzene rings is 2. The average molecular weight is 265 g/mol. The van der Waals surface area contributed by atoms with Crippen molar-refractivity contribution in [3.05, 3.63) is 48.2 Å². The van der Waals surface area contributed by atoms with Crippen LogP contribution < -0.4 is 11.5 Å². The number of nitrogens with one attached hydrogen (secondary N) is 1. The molecule has 0 amide bonds. The number of ketones is 1. The Kier molecular flexibility index (Phi) is 2.71. The molecule has 0 spiro atoms. The van der Waals surface area contributed by atoms with E-state index in [1.807, 2.05) is 42.5 Å². The minimum Gasteiger partial charge on any atom is -0.399 e. The van der Waals surface area contributed by atoms with E-state index in [2.05, 4.69) is 4.98 Å². The van der Waals surface area contributed by atoms with Crippen molar-refractivity contribution in [2.45, 2.75) is 6.92 Å². The number of aromatic nitrogens is 1. The fourth-order valence-electron chi connectivity index (χ4n) is 2.42. The van der Waals surface area contributed by atoms with Crippen molar-refractivity contribution < 1.29 is 4.79 Å². The van der Waals surface area contributed by atoms with Gasteiger partial charge in [0.25, 0.3) is 0 Å². The highest BCUT2D eigenvalue weighted by Gasteiger charge is 2.16. The Morgan fingerprint density at radius 3 is 2.30 bits per heavy atom. The summed E-state index contributed by atoms with van der Waals surface area (Å²) in [6.07, 6.45) is 0. The number of rotatable bonds is 2. The summed E-state index contributed by atoms with van der Waals surface area (Å²) in [5, 5.41) is 0.944. The molecule has 0 fully saturated rings. The SMILES string of the molecule is CC(=O)c1[nH]c2ccc(N)cc2c1-c1ccc(N)cc1. The molecule has 5 N–H and O–H groups in total. The standard InChI is InChI=1S/C16H15N3O/c1-9(20)16-15(10-2-4-11(17)5-3-10)13-8-12(18)6-7-14(13)19-16/h2-8,19H,17-18H2,1H3.